The van der Waals surface area contributed by atoms with E-state index >= 15 is 0 Å². The van der Waals surface area contributed by atoms with Crippen LogP contribution in [0.4, 0.5) is 15.8 Å². The number of aromatic amines is 2. The van der Waals surface area contributed by atoms with Gasteiger partial charge in [0.05, 0.1) is 34.3 Å². The van der Waals surface area contributed by atoms with Crippen molar-refractivity contribution < 1.29 is 9.18 Å². The van der Waals surface area contributed by atoms with Gasteiger partial charge in [-0.25, -0.2) is 14.4 Å². The SMILES string of the molecule is CC(C)C(=O)Nc1cncc(-c2ccc3[nH]nc(-c4nc5c(-c6cc(F)cc(NCCN(C)C)c6)nccc5[nH]4)c3n2)c1. The lowest BCUT2D eigenvalue weighted by molar-refractivity contribution is -0.118. The number of H-pyrrole nitrogens is 2. The first kappa shape index (κ1) is 27.9. The van der Waals surface area contributed by atoms with Crippen LogP contribution in [0.25, 0.3) is 56.1 Å². The summed E-state index contributed by atoms with van der Waals surface area (Å²) < 4.78 is 14.6. The highest BCUT2D eigenvalue weighted by Gasteiger charge is 2.18. The van der Waals surface area contributed by atoms with Crippen molar-refractivity contribution in [2.24, 2.45) is 5.92 Å². The summed E-state index contributed by atoms with van der Waals surface area (Å²) in [5.41, 5.74) is 7.03. The molecule has 0 saturated heterocycles. The summed E-state index contributed by atoms with van der Waals surface area (Å²) in [7, 11) is 3.98. The number of imidazole rings is 1. The summed E-state index contributed by atoms with van der Waals surface area (Å²) >= 11 is 0. The molecule has 1 aromatic carbocycles. The first-order valence-electron chi connectivity index (χ1n) is 13.9. The Morgan fingerprint density at radius 3 is 2.58 bits per heavy atom. The van der Waals surface area contributed by atoms with E-state index in [1.165, 1.54) is 12.1 Å². The average Bonchev–Trinajstić information content (AvgIpc) is 3.60. The molecule has 0 aliphatic rings. The summed E-state index contributed by atoms with van der Waals surface area (Å²) in [5, 5.41) is 13.7. The van der Waals surface area contributed by atoms with Gasteiger partial charge in [0.2, 0.25) is 5.91 Å². The third kappa shape index (κ3) is 5.90. The van der Waals surface area contributed by atoms with Crippen LogP contribution in [0.1, 0.15) is 13.8 Å². The first-order chi connectivity index (χ1) is 20.7. The highest BCUT2D eigenvalue weighted by Crippen LogP contribution is 2.32. The standard InChI is InChI=1S/C31H31FN10O/c1-17(2)31(43)36-22-13-19(15-33-16-22)23-5-6-25-28(37-23)29(41-40-25)30-38-24-7-8-35-26(27(24)39-30)18-11-20(32)14-21(12-18)34-9-10-42(3)4/h5-8,11-17,34H,9-10H2,1-4H3,(H,36,43)(H,38,39)(H,40,41). The zero-order chi connectivity index (χ0) is 30.1. The maximum atomic E-state index is 14.6. The Morgan fingerprint density at radius 1 is 0.953 bits per heavy atom. The molecule has 0 atom stereocenters. The molecule has 5 aromatic heterocycles. The van der Waals surface area contributed by atoms with Gasteiger partial charge in [-0.3, -0.25) is 19.9 Å². The summed E-state index contributed by atoms with van der Waals surface area (Å²) in [6.45, 7) is 5.15. The van der Waals surface area contributed by atoms with Crippen LogP contribution in [0, 0.1) is 11.7 Å². The predicted molar refractivity (Wildman–Crippen MR) is 166 cm³/mol. The normalized spacial score (nSPS) is 11.6. The Morgan fingerprint density at radius 2 is 1.77 bits per heavy atom. The monoisotopic (exact) mass is 578 g/mol. The van der Waals surface area contributed by atoms with E-state index in [0.717, 1.165) is 23.1 Å². The number of fused-ring (bicyclic) bond motifs is 2. The first-order valence-corrected chi connectivity index (χ1v) is 13.9. The van der Waals surface area contributed by atoms with E-state index in [2.05, 4.69) is 40.7 Å². The number of hydrogen-bond donors (Lipinski definition) is 4. The van der Waals surface area contributed by atoms with Crippen LogP contribution in [0.3, 0.4) is 0 Å². The molecule has 0 aliphatic heterocycles. The number of hydrogen-bond acceptors (Lipinski definition) is 8. The van der Waals surface area contributed by atoms with Gasteiger partial charge < -0.3 is 20.5 Å². The molecule has 12 heteroatoms. The molecular formula is C31H31FN10O. The number of pyridine rings is 3. The van der Waals surface area contributed by atoms with Gasteiger partial charge >= 0.3 is 0 Å². The predicted octanol–water partition coefficient (Wildman–Crippen LogP) is 5.33. The van der Waals surface area contributed by atoms with Crippen molar-refractivity contribution in [2.45, 2.75) is 13.8 Å². The van der Waals surface area contributed by atoms with Gasteiger partial charge in [-0.2, -0.15) is 5.10 Å². The number of carbonyl (C=O) groups is 1. The third-order valence-corrected chi connectivity index (χ3v) is 6.92. The van der Waals surface area contributed by atoms with Crippen LogP contribution in [0.15, 0.2) is 61.1 Å². The van der Waals surface area contributed by atoms with E-state index in [4.69, 9.17) is 9.97 Å². The minimum absolute atomic E-state index is 0.0896. The molecule has 218 valence electrons. The highest BCUT2D eigenvalue weighted by molar-refractivity contribution is 5.96. The van der Waals surface area contributed by atoms with Crippen molar-refractivity contribution in [3.63, 3.8) is 0 Å². The van der Waals surface area contributed by atoms with Gasteiger partial charge in [0.25, 0.3) is 0 Å². The van der Waals surface area contributed by atoms with Crippen molar-refractivity contribution in [2.75, 3.05) is 37.8 Å². The number of likely N-dealkylation sites (N-methyl/N-ethyl adjacent to an activating group) is 1. The number of benzene rings is 1. The number of amides is 1. The molecule has 6 aromatic rings. The molecular weight excluding hydrogens is 547 g/mol. The van der Waals surface area contributed by atoms with E-state index in [1.54, 1.807) is 18.6 Å². The van der Waals surface area contributed by atoms with Gasteiger partial charge in [-0.05, 0) is 56.6 Å². The minimum Gasteiger partial charge on any atom is -0.384 e. The van der Waals surface area contributed by atoms with Crippen LogP contribution in [-0.2, 0) is 4.79 Å². The molecule has 4 N–H and O–H groups in total. The number of aromatic nitrogens is 7. The van der Waals surface area contributed by atoms with Gasteiger partial charge in [0, 0.05) is 48.2 Å². The van der Waals surface area contributed by atoms with Gasteiger partial charge in [0.1, 0.15) is 16.9 Å². The number of anilines is 2. The fourth-order valence-electron chi connectivity index (χ4n) is 4.67. The molecule has 5 heterocycles. The molecule has 6 rings (SSSR count). The summed E-state index contributed by atoms with van der Waals surface area (Å²) in [4.78, 5) is 36.1. The lowest BCUT2D eigenvalue weighted by Crippen LogP contribution is -2.20. The summed E-state index contributed by atoms with van der Waals surface area (Å²) in [5.74, 6) is -0.110. The van der Waals surface area contributed by atoms with E-state index in [0.29, 0.717) is 57.4 Å². The van der Waals surface area contributed by atoms with Crippen LogP contribution < -0.4 is 10.6 Å². The molecule has 1 amide bonds. The number of nitrogens with zero attached hydrogens (tertiary/aromatic N) is 6. The van der Waals surface area contributed by atoms with E-state index in [9.17, 15) is 9.18 Å². The number of carbonyl (C=O) groups excluding carboxylic acids is 1. The fraction of sp³-hybridized carbons (Fsp3) is 0.226. The Kier molecular flexibility index (Phi) is 7.51. The van der Waals surface area contributed by atoms with E-state index in [1.807, 2.05) is 58.3 Å². The Hall–Kier alpha value is -5.23. The molecule has 0 aliphatic carbocycles. The number of rotatable bonds is 9. The smallest absolute Gasteiger partial charge is 0.226 e. The molecule has 0 radical (unpaired) electrons. The minimum atomic E-state index is -0.364. The van der Waals surface area contributed by atoms with Gasteiger partial charge in [-0.1, -0.05) is 13.8 Å². The van der Waals surface area contributed by atoms with E-state index in [-0.39, 0.29) is 17.6 Å². The topological polar surface area (TPSA) is 140 Å². The van der Waals surface area contributed by atoms with E-state index < -0.39 is 0 Å². The largest absolute Gasteiger partial charge is 0.384 e. The highest BCUT2D eigenvalue weighted by atomic mass is 19.1. The lowest BCUT2D eigenvalue weighted by Gasteiger charge is -2.12. The molecule has 0 spiro atoms. The van der Waals surface area contributed by atoms with Crippen molar-refractivity contribution >= 4 is 39.3 Å². The summed E-state index contributed by atoms with van der Waals surface area (Å²) in [6.07, 6.45) is 4.97. The lowest BCUT2D eigenvalue weighted by atomic mass is 10.1. The van der Waals surface area contributed by atoms with Crippen molar-refractivity contribution in [3.05, 3.63) is 66.9 Å². The Bertz CT molecular complexity index is 1940. The second-order valence-electron chi connectivity index (χ2n) is 10.9. The van der Waals surface area contributed by atoms with Crippen LogP contribution in [0.5, 0.6) is 0 Å². The maximum Gasteiger partial charge on any atom is 0.226 e. The third-order valence-electron chi connectivity index (χ3n) is 6.92. The zero-order valence-electron chi connectivity index (χ0n) is 24.2. The second-order valence-corrected chi connectivity index (χ2v) is 10.9. The fourth-order valence-corrected chi connectivity index (χ4v) is 4.67. The van der Waals surface area contributed by atoms with Crippen LogP contribution in [-0.4, -0.2) is 73.1 Å². The van der Waals surface area contributed by atoms with Gasteiger partial charge in [-0.15, -0.1) is 0 Å². The molecule has 0 bridgehead atoms. The maximum absolute atomic E-state index is 14.6. The van der Waals surface area contributed by atoms with Gasteiger partial charge in [0.15, 0.2) is 11.5 Å². The summed E-state index contributed by atoms with van der Waals surface area (Å²) in [6, 6.07) is 12.2. The number of nitrogens with one attached hydrogen (secondary N) is 4. The van der Waals surface area contributed by atoms with Crippen LogP contribution >= 0.6 is 0 Å². The second kappa shape index (κ2) is 11.6. The molecule has 0 saturated carbocycles. The van der Waals surface area contributed by atoms with Crippen molar-refractivity contribution in [1.29, 1.82) is 0 Å². The quantitative estimate of drug-likeness (QED) is 0.180. The molecule has 11 nitrogen and oxygen atoms in total. The zero-order valence-corrected chi connectivity index (χ0v) is 24.2. The Labute approximate surface area is 247 Å². The molecule has 0 unspecified atom stereocenters. The van der Waals surface area contributed by atoms with Crippen molar-refractivity contribution in [1.82, 2.24) is 40.0 Å². The van der Waals surface area contributed by atoms with Crippen LogP contribution in [0.2, 0.25) is 0 Å². The average molecular weight is 579 g/mol. The molecule has 43 heavy (non-hydrogen) atoms. The number of halogens is 1. The van der Waals surface area contributed by atoms with Crippen molar-refractivity contribution in [3.8, 4) is 34.0 Å². The Balaban J connectivity index is 1.36. The molecule has 0 fully saturated rings.